The molecule has 0 bridgehead atoms. The zero-order valence-electron chi connectivity index (χ0n) is 17.6. The Kier molecular flexibility index (Phi) is 8.71. The van der Waals surface area contributed by atoms with Gasteiger partial charge in [0.1, 0.15) is 36.4 Å². The van der Waals surface area contributed by atoms with Crippen LogP contribution in [-0.2, 0) is 11.4 Å². The number of rotatable bonds is 9. The summed E-state index contributed by atoms with van der Waals surface area (Å²) < 4.78 is 12.0. The van der Waals surface area contributed by atoms with Crippen molar-refractivity contribution >= 4 is 45.2 Å². The van der Waals surface area contributed by atoms with Crippen molar-refractivity contribution < 1.29 is 14.3 Å². The summed E-state index contributed by atoms with van der Waals surface area (Å²) in [6, 6.07) is 21.6. The summed E-state index contributed by atoms with van der Waals surface area (Å²) in [5.74, 6) is 0.768. The number of ether oxygens (including phenoxy) is 2. The van der Waals surface area contributed by atoms with Crippen molar-refractivity contribution in [2.75, 3.05) is 11.9 Å². The lowest BCUT2D eigenvalue weighted by molar-refractivity contribution is -0.112. The highest BCUT2D eigenvalue weighted by Crippen LogP contribution is 2.27. The number of amides is 1. The van der Waals surface area contributed by atoms with E-state index in [2.05, 4.69) is 27.8 Å². The maximum Gasteiger partial charge on any atom is 0.266 e. The van der Waals surface area contributed by atoms with E-state index in [1.165, 1.54) is 6.08 Å². The average molecular weight is 524 g/mol. The minimum absolute atomic E-state index is 0.0271. The van der Waals surface area contributed by atoms with Crippen molar-refractivity contribution in [2.45, 2.75) is 6.61 Å². The van der Waals surface area contributed by atoms with Crippen LogP contribution in [-0.4, -0.2) is 12.5 Å². The average Bonchev–Trinajstić information content (AvgIpc) is 2.82. The van der Waals surface area contributed by atoms with Gasteiger partial charge in [0.2, 0.25) is 0 Å². The molecule has 1 N–H and O–H groups in total. The number of nitriles is 1. The number of halogens is 2. The van der Waals surface area contributed by atoms with Crippen molar-refractivity contribution in [1.82, 2.24) is 0 Å². The molecule has 0 fully saturated rings. The molecule has 0 aromatic heterocycles. The van der Waals surface area contributed by atoms with Gasteiger partial charge in [-0.1, -0.05) is 48.5 Å². The molecule has 0 unspecified atom stereocenters. The van der Waals surface area contributed by atoms with Gasteiger partial charge in [0, 0.05) is 16.3 Å². The SMILES string of the molecule is C=CCOc1ccc(/C=C(\C#N)C(=O)Nc2ccc(OCc3ccccc3Cl)cc2)cc1Br. The highest BCUT2D eigenvalue weighted by Gasteiger charge is 2.11. The highest BCUT2D eigenvalue weighted by molar-refractivity contribution is 9.10. The molecule has 3 aromatic rings. The maximum absolute atomic E-state index is 12.6. The summed E-state index contributed by atoms with van der Waals surface area (Å²) in [6.07, 6.45) is 3.16. The van der Waals surface area contributed by atoms with Crippen LogP contribution in [0.5, 0.6) is 11.5 Å². The Hall–Kier alpha value is -3.53. The zero-order valence-corrected chi connectivity index (χ0v) is 19.9. The summed E-state index contributed by atoms with van der Waals surface area (Å²) in [7, 11) is 0. The number of anilines is 1. The van der Waals surface area contributed by atoms with Crippen LogP contribution in [0.15, 0.2) is 89.4 Å². The Morgan fingerprint density at radius 3 is 2.55 bits per heavy atom. The predicted molar refractivity (Wildman–Crippen MR) is 134 cm³/mol. The molecule has 1 amide bonds. The summed E-state index contributed by atoms with van der Waals surface area (Å²) in [4.78, 5) is 12.6. The summed E-state index contributed by atoms with van der Waals surface area (Å²) in [6.45, 7) is 4.33. The fraction of sp³-hybridized carbons (Fsp3) is 0.0769. The molecular formula is C26H20BrClN2O3. The molecule has 0 aliphatic heterocycles. The Balaban J connectivity index is 1.63. The Morgan fingerprint density at radius 2 is 1.88 bits per heavy atom. The molecule has 0 heterocycles. The summed E-state index contributed by atoms with van der Waals surface area (Å²) >= 11 is 9.57. The van der Waals surface area contributed by atoms with E-state index in [1.54, 1.807) is 48.5 Å². The van der Waals surface area contributed by atoms with Crippen LogP contribution in [0.1, 0.15) is 11.1 Å². The molecule has 3 rings (SSSR count). The van der Waals surface area contributed by atoms with Gasteiger partial charge in [-0.25, -0.2) is 0 Å². The van der Waals surface area contributed by atoms with E-state index in [0.717, 1.165) is 5.56 Å². The Labute approximate surface area is 206 Å². The van der Waals surface area contributed by atoms with Gasteiger partial charge in [-0.05, 0) is 70.0 Å². The lowest BCUT2D eigenvalue weighted by Gasteiger charge is -2.09. The van der Waals surface area contributed by atoms with E-state index in [0.29, 0.717) is 45.5 Å². The van der Waals surface area contributed by atoms with Crippen LogP contribution in [0.25, 0.3) is 6.08 Å². The first-order chi connectivity index (χ1) is 16.0. The van der Waals surface area contributed by atoms with Crippen LogP contribution in [0.2, 0.25) is 5.02 Å². The molecule has 0 radical (unpaired) electrons. The molecular weight excluding hydrogens is 504 g/mol. The van der Waals surface area contributed by atoms with Crippen LogP contribution in [0, 0.1) is 11.3 Å². The van der Waals surface area contributed by atoms with E-state index in [-0.39, 0.29) is 5.57 Å². The molecule has 166 valence electrons. The van der Waals surface area contributed by atoms with Gasteiger partial charge < -0.3 is 14.8 Å². The van der Waals surface area contributed by atoms with Crippen LogP contribution in [0.4, 0.5) is 5.69 Å². The second-order valence-corrected chi connectivity index (χ2v) is 8.08. The van der Waals surface area contributed by atoms with Gasteiger partial charge >= 0.3 is 0 Å². The predicted octanol–water partition coefficient (Wildman–Crippen LogP) is 6.79. The standard InChI is InChI=1S/C26H20BrClN2O3/c1-2-13-32-25-12-7-18(15-23(25)27)14-20(16-29)26(31)30-21-8-10-22(11-9-21)33-17-19-5-3-4-6-24(19)28/h2-12,14-15H,1,13,17H2,(H,30,31)/b20-14+. The first-order valence-corrected chi connectivity index (χ1v) is 11.1. The number of hydrogen-bond acceptors (Lipinski definition) is 4. The minimum atomic E-state index is -0.509. The van der Waals surface area contributed by atoms with Crippen LogP contribution < -0.4 is 14.8 Å². The van der Waals surface area contributed by atoms with E-state index in [4.69, 9.17) is 21.1 Å². The zero-order chi connectivity index (χ0) is 23.6. The maximum atomic E-state index is 12.6. The lowest BCUT2D eigenvalue weighted by Crippen LogP contribution is -2.13. The minimum Gasteiger partial charge on any atom is -0.489 e. The first kappa shape index (κ1) is 24.1. The van der Waals surface area contributed by atoms with Gasteiger partial charge in [-0.3, -0.25) is 4.79 Å². The van der Waals surface area contributed by atoms with Gasteiger partial charge in [-0.2, -0.15) is 5.26 Å². The van der Waals surface area contributed by atoms with Crippen molar-refractivity contribution in [2.24, 2.45) is 0 Å². The van der Waals surface area contributed by atoms with Crippen molar-refractivity contribution in [1.29, 1.82) is 5.26 Å². The molecule has 7 heteroatoms. The van der Waals surface area contributed by atoms with Crippen LogP contribution >= 0.6 is 27.5 Å². The Morgan fingerprint density at radius 1 is 1.12 bits per heavy atom. The molecule has 0 saturated carbocycles. The highest BCUT2D eigenvalue weighted by atomic mass is 79.9. The van der Waals surface area contributed by atoms with Crippen molar-refractivity contribution in [3.8, 4) is 17.6 Å². The Bertz CT molecular complexity index is 1220. The number of carbonyl (C=O) groups is 1. The number of carbonyl (C=O) groups excluding carboxylic acids is 1. The number of benzene rings is 3. The quantitative estimate of drug-likeness (QED) is 0.190. The number of hydrogen-bond donors (Lipinski definition) is 1. The molecule has 0 atom stereocenters. The second-order valence-electron chi connectivity index (χ2n) is 6.82. The fourth-order valence-corrected chi connectivity index (χ4v) is 3.50. The van der Waals surface area contributed by atoms with E-state index < -0.39 is 5.91 Å². The summed E-state index contributed by atoms with van der Waals surface area (Å²) in [5, 5.41) is 12.8. The topological polar surface area (TPSA) is 71.3 Å². The third-order valence-electron chi connectivity index (χ3n) is 4.45. The largest absolute Gasteiger partial charge is 0.489 e. The van der Waals surface area contributed by atoms with Crippen molar-refractivity contribution in [3.05, 3.63) is 106 Å². The van der Waals surface area contributed by atoms with Crippen molar-refractivity contribution in [3.63, 3.8) is 0 Å². The monoisotopic (exact) mass is 522 g/mol. The molecule has 0 spiro atoms. The lowest BCUT2D eigenvalue weighted by atomic mass is 10.1. The number of nitrogens with zero attached hydrogens (tertiary/aromatic N) is 1. The normalized spacial score (nSPS) is 10.8. The molecule has 3 aromatic carbocycles. The molecule has 5 nitrogen and oxygen atoms in total. The van der Waals surface area contributed by atoms with Gasteiger partial charge in [0.25, 0.3) is 5.91 Å². The molecule has 0 aliphatic carbocycles. The van der Waals surface area contributed by atoms with Gasteiger partial charge in [-0.15, -0.1) is 0 Å². The molecule has 33 heavy (non-hydrogen) atoms. The van der Waals surface area contributed by atoms with E-state index in [9.17, 15) is 10.1 Å². The number of nitrogens with one attached hydrogen (secondary N) is 1. The van der Waals surface area contributed by atoms with E-state index in [1.807, 2.05) is 30.3 Å². The van der Waals surface area contributed by atoms with Crippen LogP contribution in [0.3, 0.4) is 0 Å². The third kappa shape index (κ3) is 6.98. The molecule has 0 saturated heterocycles. The first-order valence-electron chi connectivity index (χ1n) is 9.93. The summed E-state index contributed by atoms with van der Waals surface area (Å²) in [5.41, 5.74) is 2.08. The van der Waals surface area contributed by atoms with E-state index >= 15 is 0 Å². The fourth-order valence-electron chi connectivity index (χ4n) is 2.80. The second kappa shape index (κ2) is 11.9. The van der Waals surface area contributed by atoms with Gasteiger partial charge in [0.15, 0.2) is 0 Å². The third-order valence-corrected chi connectivity index (χ3v) is 5.44. The molecule has 0 aliphatic rings. The smallest absolute Gasteiger partial charge is 0.266 e. The van der Waals surface area contributed by atoms with Gasteiger partial charge in [0.05, 0.1) is 4.47 Å².